The lowest BCUT2D eigenvalue weighted by atomic mass is 10.2. The first kappa shape index (κ1) is 11.4. The SMILES string of the molecule is CSCC(=O)Nc1cc(Cl)ccc1C. The van der Waals surface area contributed by atoms with Crippen LogP contribution in [0.3, 0.4) is 0 Å². The highest BCUT2D eigenvalue weighted by Gasteiger charge is 2.03. The number of amides is 1. The monoisotopic (exact) mass is 229 g/mol. The summed E-state index contributed by atoms with van der Waals surface area (Å²) in [5, 5.41) is 3.44. The predicted molar refractivity (Wildman–Crippen MR) is 63.2 cm³/mol. The van der Waals surface area contributed by atoms with E-state index < -0.39 is 0 Å². The third-order valence-electron chi connectivity index (χ3n) is 1.75. The van der Waals surface area contributed by atoms with Gasteiger partial charge in [0.05, 0.1) is 5.75 Å². The van der Waals surface area contributed by atoms with E-state index in [-0.39, 0.29) is 5.91 Å². The Labute approximate surface area is 93.0 Å². The zero-order valence-electron chi connectivity index (χ0n) is 8.13. The summed E-state index contributed by atoms with van der Waals surface area (Å²) in [4.78, 5) is 11.3. The van der Waals surface area contributed by atoms with Crippen molar-refractivity contribution in [1.29, 1.82) is 0 Å². The lowest BCUT2D eigenvalue weighted by Gasteiger charge is -2.07. The van der Waals surface area contributed by atoms with Crippen LogP contribution in [-0.2, 0) is 4.79 Å². The van der Waals surface area contributed by atoms with Gasteiger partial charge in [-0.25, -0.2) is 0 Å². The molecule has 1 amide bonds. The van der Waals surface area contributed by atoms with Crippen LogP contribution in [-0.4, -0.2) is 17.9 Å². The van der Waals surface area contributed by atoms with Crippen LogP contribution in [0.5, 0.6) is 0 Å². The van der Waals surface area contributed by atoms with Crippen LogP contribution in [0.4, 0.5) is 5.69 Å². The van der Waals surface area contributed by atoms with Crippen molar-refractivity contribution in [2.75, 3.05) is 17.3 Å². The molecule has 0 saturated carbocycles. The second-order valence-corrected chi connectivity index (χ2v) is 4.24. The number of halogens is 1. The van der Waals surface area contributed by atoms with E-state index in [2.05, 4.69) is 5.32 Å². The lowest BCUT2D eigenvalue weighted by molar-refractivity contribution is -0.113. The standard InChI is InChI=1S/C10H12ClNOS/c1-7-3-4-8(11)5-9(7)12-10(13)6-14-2/h3-5H,6H2,1-2H3,(H,12,13). The molecule has 0 fully saturated rings. The predicted octanol–water partition coefficient (Wildman–Crippen LogP) is 2.95. The first-order valence-electron chi connectivity index (χ1n) is 4.18. The van der Waals surface area contributed by atoms with Crippen LogP contribution in [0.15, 0.2) is 18.2 Å². The second kappa shape index (κ2) is 5.27. The second-order valence-electron chi connectivity index (χ2n) is 2.94. The molecule has 0 saturated heterocycles. The van der Waals surface area contributed by atoms with Gasteiger partial charge in [-0.1, -0.05) is 17.7 Å². The van der Waals surface area contributed by atoms with Crippen molar-refractivity contribution in [3.63, 3.8) is 0 Å². The first-order valence-corrected chi connectivity index (χ1v) is 5.95. The van der Waals surface area contributed by atoms with Gasteiger partial charge in [0.15, 0.2) is 0 Å². The van der Waals surface area contributed by atoms with Crippen LogP contribution in [0.25, 0.3) is 0 Å². The molecule has 0 heterocycles. The van der Waals surface area contributed by atoms with Crippen molar-refractivity contribution < 1.29 is 4.79 Å². The van der Waals surface area contributed by atoms with Crippen LogP contribution < -0.4 is 5.32 Å². The number of thioether (sulfide) groups is 1. The summed E-state index contributed by atoms with van der Waals surface area (Å²) in [5.74, 6) is 0.467. The highest BCUT2D eigenvalue weighted by atomic mass is 35.5. The van der Waals surface area contributed by atoms with Gasteiger partial charge in [-0.05, 0) is 30.9 Å². The molecule has 2 nitrogen and oxygen atoms in total. The van der Waals surface area contributed by atoms with Gasteiger partial charge in [-0.2, -0.15) is 11.8 Å². The smallest absolute Gasteiger partial charge is 0.234 e. The van der Waals surface area contributed by atoms with Gasteiger partial charge in [0, 0.05) is 10.7 Å². The summed E-state index contributed by atoms with van der Waals surface area (Å²) in [6, 6.07) is 5.45. The Morgan fingerprint density at radius 1 is 1.57 bits per heavy atom. The Bertz CT molecular complexity index is 341. The average molecular weight is 230 g/mol. The van der Waals surface area contributed by atoms with Crippen LogP contribution in [0.1, 0.15) is 5.56 Å². The van der Waals surface area contributed by atoms with E-state index in [4.69, 9.17) is 11.6 Å². The van der Waals surface area contributed by atoms with Gasteiger partial charge in [-0.15, -0.1) is 0 Å². The van der Waals surface area contributed by atoms with Crippen LogP contribution in [0, 0.1) is 6.92 Å². The molecule has 4 heteroatoms. The van der Waals surface area contributed by atoms with E-state index in [9.17, 15) is 4.79 Å². The molecule has 1 aromatic carbocycles. The molecule has 0 radical (unpaired) electrons. The Balaban J connectivity index is 2.75. The number of hydrogen-bond acceptors (Lipinski definition) is 2. The van der Waals surface area contributed by atoms with Crippen molar-refractivity contribution in [1.82, 2.24) is 0 Å². The van der Waals surface area contributed by atoms with Crippen molar-refractivity contribution >= 4 is 35.0 Å². The largest absolute Gasteiger partial charge is 0.325 e. The van der Waals surface area contributed by atoms with Crippen molar-refractivity contribution in [3.05, 3.63) is 28.8 Å². The zero-order valence-corrected chi connectivity index (χ0v) is 9.71. The summed E-state index contributed by atoms with van der Waals surface area (Å²) in [7, 11) is 0. The highest BCUT2D eigenvalue weighted by molar-refractivity contribution is 7.99. The number of carbonyl (C=O) groups excluding carboxylic acids is 1. The minimum Gasteiger partial charge on any atom is -0.325 e. The van der Waals surface area contributed by atoms with E-state index in [1.54, 1.807) is 12.1 Å². The van der Waals surface area contributed by atoms with Crippen molar-refractivity contribution in [2.45, 2.75) is 6.92 Å². The molecule has 0 aromatic heterocycles. The summed E-state index contributed by atoms with van der Waals surface area (Å²) in [5.41, 5.74) is 1.81. The van der Waals surface area contributed by atoms with E-state index in [1.165, 1.54) is 11.8 Å². The first-order chi connectivity index (χ1) is 6.63. The molecule has 0 aliphatic carbocycles. The number of rotatable bonds is 3. The number of carbonyl (C=O) groups is 1. The summed E-state index contributed by atoms with van der Waals surface area (Å²) in [6.07, 6.45) is 1.89. The molecule has 1 N–H and O–H groups in total. The highest BCUT2D eigenvalue weighted by Crippen LogP contribution is 2.20. The average Bonchev–Trinajstić information content (AvgIpc) is 2.12. The Morgan fingerprint density at radius 3 is 2.93 bits per heavy atom. The summed E-state index contributed by atoms with van der Waals surface area (Å²) >= 11 is 7.31. The van der Waals surface area contributed by atoms with Gasteiger partial charge in [0.2, 0.25) is 5.91 Å². The molecule has 0 spiro atoms. The van der Waals surface area contributed by atoms with Crippen LogP contribution >= 0.6 is 23.4 Å². The van der Waals surface area contributed by atoms with E-state index in [0.29, 0.717) is 10.8 Å². The molecule has 0 atom stereocenters. The van der Waals surface area contributed by atoms with E-state index in [1.807, 2.05) is 19.2 Å². The maximum atomic E-state index is 11.3. The number of aryl methyl sites for hydroxylation is 1. The van der Waals surface area contributed by atoms with Gasteiger partial charge in [0.1, 0.15) is 0 Å². The molecular formula is C10H12ClNOS. The van der Waals surface area contributed by atoms with Gasteiger partial charge >= 0.3 is 0 Å². The molecule has 0 aliphatic rings. The van der Waals surface area contributed by atoms with Crippen molar-refractivity contribution in [3.8, 4) is 0 Å². The fourth-order valence-corrected chi connectivity index (χ4v) is 1.55. The molecule has 0 unspecified atom stereocenters. The Hall–Kier alpha value is -0.670. The Morgan fingerprint density at radius 2 is 2.29 bits per heavy atom. The molecule has 76 valence electrons. The topological polar surface area (TPSA) is 29.1 Å². The third kappa shape index (κ3) is 3.24. The van der Waals surface area contributed by atoms with Gasteiger partial charge in [0.25, 0.3) is 0 Å². The fraction of sp³-hybridized carbons (Fsp3) is 0.300. The number of hydrogen-bond donors (Lipinski definition) is 1. The van der Waals surface area contributed by atoms with Crippen molar-refractivity contribution in [2.24, 2.45) is 0 Å². The fourth-order valence-electron chi connectivity index (χ4n) is 1.05. The maximum absolute atomic E-state index is 11.3. The normalized spacial score (nSPS) is 9.93. The zero-order chi connectivity index (χ0) is 10.6. The van der Waals surface area contributed by atoms with Gasteiger partial charge in [-0.3, -0.25) is 4.79 Å². The number of benzene rings is 1. The third-order valence-corrected chi connectivity index (χ3v) is 2.54. The lowest BCUT2D eigenvalue weighted by Crippen LogP contribution is -2.14. The number of anilines is 1. The molecule has 14 heavy (non-hydrogen) atoms. The summed E-state index contributed by atoms with van der Waals surface area (Å²) < 4.78 is 0. The quantitative estimate of drug-likeness (QED) is 0.864. The summed E-state index contributed by atoms with van der Waals surface area (Å²) in [6.45, 7) is 1.94. The molecule has 1 aromatic rings. The minimum absolute atomic E-state index is 0.00265. The van der Waals surface area contributed by atoms with E-state index in [0.717, 1.165) is 11.3 Å². The minimum atomic E-state index is 0.00265. The Kier molecular flexibility index (Phi) is 4.29. The molecule has 1 rings (SSSR count). The maximum Gasteiger partial charge on any atom is 0.234 e. The van der Waals surface area contributed by atoms with Crippen LogP contribution in [0.2, 0.25) is 5.02 Å². The molecular weight excluding hydrogens is 218 g/mol. The number of nitrogens with one attached hydrogen (secondary N) is 1. The van der Waals surface area contributed by atoms with E-state index >= 15 is 0 Å². The molecule has 0 bridgehead atoms. The molecule has 0 aliphatic heterocycles. The van der Waals surface area contributed by atoms with Gasteiger partial charge < -0.3 is 5.32 Å².